The van der Waals surface area contributed by atoms with Crippen LogP contribution in [0.1, 0.15) is 94.0 Å². The minimum absolute atomic E-state index is 0.0811. The highest BCUT2D eigenvalue weighted by atomic mass is 32.2. The number of aromatic nitrogens is 6. The summed E-state index contributed by atoms with van der Waals surface area (Å²) in [7, 11) is -1.08. The average Bonchev–Trinajstić information content (AvgIpc) is 4.36. The quantitative estimate of drug-likeness (QED) is 0.0649. The summed E-state index contributed by atoms with van der Waals surface area (Å²) in [5.74, 6) is 0.704. The number of hydrogen-bond donors (Lipinski definition) is 3. The number of fused-ring (bicyclic) bond motifs is 1. The third kappa shape index (κ3) is 12.1. The van der Waals surface area contributed by atoms with Crippen molar-refractivity contribution >= 4 is 55.8 Å². The van der Waals surface area contributed by atoms with Gasteiger partial charge in [0.15, 0.2) is 5.75 Å². The molecule has 2 aliphatic rings. The minimum Gasteiger partial charge on any atom is -0.493 e. The van der Waals surface area contributed by atoms with Crippen LogP contribution in [0.2, 0.25) is 0 Å². The summed E-state index contributed by atoms with van der Waals surface area (Å²) in [6.45, 7) is 12.9. The number of aryl methyl sites for hydroxylation is 3. The first-order valence-corrected chi connectivity index (χ1v) is 29.5. The van der Waals surface area contributed by atoms with Crippen LogP contribution in [0, 0.1) is 18.8 Å². The van der Waals surface area contributed by atoms with Crippen LogP contribution in [0.25, 0.3) is 32.6 Å². The summed E-state index contributed by atoms with van der Waals surface area (Å²) < 4.78 is 53.7. The van der Waals surface area contributed by atoms with Crippen LogP contribution in [0.5, 0.6) is 23.1 Å². The zero-order chi connectivity index (χ0) is 57.3. The number of thiazole rings is 1. The molecule has 1 aliphatic carbocycles. The second kappa shape index (κ2) is 23.4. The molecule has 4 aromatic heterocycles. The minimum atomic E-state index is -4.31. The maximum absolute atomic E-state index is 14.6. The maximum Gasteiger partial charge on any atom is 0.328 e. The normalized spacial score (nSPS) is 17.8. The van der Waals surface area contributed by atoms with Gasteiger partial charge in [-0.2, -0.15) is 5.10 Å². The van der Waals surface area contributed by atoms with E-state index in [0.717, 1.165) is 39.2 Å². The number of pyridine rings is 1. The lowest BCUT2D eigenvalue weighted by Gasteiger charge is -2.35. The molecular formula is C60H66N10O9S2. The number of nitrogens with zero attached hydrogens (tertiary/aromatic N) is 7. The molecular weight excluding hydrogens is 1070 g/mol. The van der Waals surface area contributed by atoms with E-state index in [1.54, 1.807) is 89.9 Å². The van der Waals surface area contributed by atoms with Gasteiger partial charge in [-0.05, 0) is 97.7 Å². The van der Waals surface area contributed by atoms with Gasteiger partial charge in [-0.15, -0.1) is 11.3 Å². The second-order valence-electron chi connectivity index (χ2n) is 21.4. The van der Waals surface area contributed by atoms with Gasteiger partial charge >= 0.3 is 5.69 Å². The summed E-state index contributed by atoms with van der Waals surface area (Å²) in [5, 5.41) is 10.9. The Balaban J connectivity index is 0.751. The van der Waals surface area contributed by atoms with Crippen LogP contribution in [0.15, 0.2) is 131 Å². The number of nitrogens with one attached hydrogen (secondary N) is 3. The number of benzene rings is 4. The van der Waals surface area contributed by atoms with Crippen LogP contribution in [-0.2, 0) is 33.7 Å². The van der Waals surface area contributed by atoms with E-state index in [1.807, 2.05) is 82.7 Å². The van der Waals surface area contributed by atoms with Crippen LogP contribution < -0.4 is 35.3 Å². The third-order valence-electron chi connectivity index (χ3n) is 15.0. The lowest BCUT2D eigenvalue weighted by Crippen LogP contribution is -2.49. The smallest absolute Gasteiger partial charge is 0.328 e. The second-order valence-corrected chi connectivity index (χ2v) is 24.0. The fourth-order valence-corrected chi connectivity index (χ4v) is 12.4. The monoisotopic (exact) mass is 1130 g/mol. The molecule has 4 atom stereocenters. The number of carbonyl (C=O) groups excluding carboxylic acids is 3. The van der Waals surface area contributed by atoms with Crippen LogP contribution in [0.3, 0.4) is 0 Å². The van der Waals surface area contributed by atoms with Crippen molar-refractivity contribution < 1.29 is 37.0 Å². The van der Waals surface area contributed by atoms with Gasteiger partial charge in [-0.1, -0.05) is 64.1 Å². The molecule has 0 radical (unpaired) electrons. The zero-order valence-electron chi connectivity index (χ0n) is 46.5. The largest absolute Gasteiger partial charge is 0.493 e. The Labute approximate surface area is 474 Å². The molecule has 1 saturated heterocycles. The van der Waals surface area contributed by atoms with E-state index in [1.165, 1.54) is 27.3 Å². The molecule has 21 heteroatoms. The molecule has 5 heterocycles. The first-order chi connectivity index (χ1) is 38.8. The van der Waals surface area contributed by atoms with Crippen LogP contribution in [0.4, 0.5) is 5.69 Å². The average molecular weight is 1140 g/mol. The van der Waals surface area contributed by atoms with Crippen LogP contribution in [-0.4, -0.2) is 91.3 Å². The van der Waals surface area contributed by atoms with Gasteiger partial charge in [0.1, 0.15) is 29.7 Å². The molecule has 3 N–H and O–H groups in total. The predicted molar refractivity (Wildman–Crippen MR) is 310 cm³/mol. The fourth-order valence-electron chi connectivity index (χ4n) is 10.5. The number of ether oxygens (including phenoxy) is 3. The summed E-state index contributed by atoms with van der Waals surface area (Å²) in [4.78, 5) is 66.6. The predicted octanol–water partition coefficient (Wildman–Crippen LogP) is 9.60. The first kappa shape index (κ1) is 56.0. The number of sulfonamides is 1. The molecule has 8 aromatic rings. The Morgan fingerprint density at radius 3 is 2.32 bits per heavy atom. The van der Waals surface area contributed by atoms with Gasteiger partial charge < -0.3 is 29.7 Å². The molecule has 10 rings (SSSR count). The van der Waals surface area contributed by atoms with Crippen molar-refractivity contribution in [1.82, 2.24) is 44.4 Å². The zero-order valence-corrected chi connectivity index (χ0v) is 48.1. The van der Waals surface area contributed by atoms with Crippen molar-refractivity contribution in [2.75, 3.05) is 17.9 Å². The van der Waals surface area contributed by atoms with E-state index < -0.39 is 28.0 Å². The van der Waals surface area contributed by atoms with Crippen molar-refractivity contribution in [3.8, 4) is 44.7 Å². The van der Waals surface area contributed by atoms with Gasteiger partial charge in [0, 0.05) is 81.2 Å². The molecule has 3 amide bonds. The number of anilines is 1. The fraction of sp³-hybridized carbons (Fsp3) is 0.350. The van der Waals surface area contributed by atoms with Gasteiger partial charge in [-0.3, -0.25) is 32.9 Å². The summed E-state index contributed by atoms with van der Waals surface area (Å²) in [6.07, 6.45) is 7.28. The highest BCUT2D eigenvalue weighted by Crippen LogP contribution is 2.38. The van der Waals surface area contributed by atoms with E-state index in [4.69, 9.17) is 14.2 Å². The van der Waals surface area contributed by atoms with Gasteiger partial charge in [-0.25, -0.2) is 23.2 Å². The number of rotatable bonds is 20. The first-order valence-electron chi connectivity index (χ1n) is 27.2. The number of hydrogen-bond acceptors (Lipinski definition) is 13. The molecule has 81 heavy (non-hydrogen) atoms. The highest BCUT2D eigenvalue weighted by molar-refractivity contribution is 7.92. The van der Waals surface area contributed by atoms with Gasteiger partial charge in [0.05, 0.1) is 56.5 Å². The number of likely N-dealkylation sites (tertiary alicyclic amines) is 1. The molecule has 422 valence electrons. The SMILES string of the molecule is CCCOc1cccc(Oc2cc3c(cc2NS(=O)(=O)c2cccc(C(=O)NC4CC(Oc5cc(-c6cnn([C@@H](C(=O)N7C[C@H](C)C[C@H]7C(=O)N[C@@H](C)c7ccc(-c8scnc8C)cc7)C(C)C)c6)ccn5)C4)c2)n(C)c(=O)n3C)c1. The Kier molecular flexibility index (Phi) is 16.2. The number of imidazole rings is 1. The molecule has 1 saturated carbocycles. The summed E-state index contributed by atoms with van der Waals surface area (Å²) >= 11 is 1.60. The number of carbonyl (C=O) groups is 3. The van der Waals surface area contributed by atoms with E-state index in [2.05, 4.69) is 37.3 Å². The third-order valence-corrected chi connectivity index (χ3v) is 17.3. The Morgan fingerprint density at radius 1 is 0.852 bits per heavy atom. The molecule has 4 aromatic carbocycles. The molecule has 2 fully saturated rings. The van der Waals surface area contributed by atoms with E-state index >= 15 is 0 Å². The molecule has 0 unspecified atom stereocenters. The highest BCUT2D eigenvalue weighted by Gasteiger charge is 2.42. The van der Waals surface area contributed by atoms with Gasteiger partial charge in [0.2, 0.25) is 17.7 Å². The Bertz CT molecular complexity index is 3810. The summed E-state index contributed by atoms with van der Waals surface area (Å²) in [5.41, 5.74) is 7.33. The topological polar surface area (TPSA) is 223 Å². The van der Waals surface area contributed by atoms with E-state index in [0.29, 0.717) is 60.8 Å². The summed E-state index contributed by atoms with van der Waals surface area (Å²) in [6, 6.07) is 25.9. The lowest BCUT2D eigenvalue weighted by atomic mass is 9.89. The van der Waals surface area contributed by atoms with Crippen molar-refractivity contribution in [2.45, 2.75) is 102 Å². The standard InChI is InChI=1S/C60H66N10O9S2/c1-9-22-77-45-13-11-14-46(28-45)78-53-30-51-50(67(7)60(74)68(51)8)29-49(53)66-81(75,76)48-15-10-12-42(24-48)57(71)65-44-26-47(27-44)79-54-25-41(20-21-61-54)43-31-63-70(33-43)55(35(2)3)59(73)69-32-36(4)23-52(69)58(72)64-37(5)39-16-18-40(19-17-39)56-38(6)62-34-80-56/h10-21,24-25,28-31,33-37,44,47,52,55,66H,9,22-23,26-27,32H2,1-8H3,(H,64,72)(H,65,71)/t36-,37+,44?,47?,52+,55-/m1/s1. The maximum atomic E-state index is 14.6. The van der Waals surface area contributed by atoms with E-state index in [-0.39, 0.29) is 69.4 Å². The lowest BCUT2D eigenvalue weighted by molar-refractivity contribution is -0.142. The van der Waals surface area contributed by atoms with Crippen molar-refractivity contribution in [2.24, 2.45) is 25.9 Å². The van der Waals surface area contributed by atoms with Crippen molar-refractivity contribution in [3.05, 3.63) is 148 Å². The molecule has 19 nitrogen and oxygen atoms in total. The Hall–Kier alpha value is -8.30. The van der Waals surface area contributed by atoms with E-state index in [9.17, 15) is 27.6 Å². The van der Waals surface area contributed by atoms with Gasteiger partial charge in [0.25, 0.3) is 15.9 Å². The Morgan fingerprint density at radius 2 is 1.59 bits per heavy atom. The van der Waals surface area contributed by atoms with Crippen LogP contribution >= 0.6 is 11.3 Å². The molecule has 0 spiro atoms. The van der Waals surface area contributed by atoms with Crippen molar-refractivity contribution in [3.63, 3.8) is 0 Å². The number of amides is 3. The molecule has 0 bridgehead atoms. The van der Waals surface area contributed by atoms with Crippen molar-refractivity contribution in [1.29, 1.82) is 0 Å². The molecule has 1 aliphatic heterocycles.